The van der Waals surface area contributed by atoms with Crippen molar-refractivity contribution in [1.29, 1.82) is 0 Å². The Morgan fingerprint density at radius 1 is 1.44 bits per heavy atom. The molecule has 0 heterocycles. The highest BCUT2D eigenvalue weighted by Gasteiger charge is 2.19. The van der Waals surface area contributed by atoms with Crippen LogP contribution >= 0.6 is 11.6 Å². The van der Waals surface area contributed by atoms with E-state index in [0.717, 1.165) is 11.1 Å². The lowest BCUT2D eigenvalue weighted by atomic mass is 10.0. The lowest BCUT2D eigenvalue weighted by Gasteiger charge is -2.14. The molecule has 1 aromatic rings. The molecule has 0 N–H and O–H groups in total. The predicted octanol–water partition coefficient (Wildman–Crippen LogP) is 3.51. The summed E-state index contributed by atoms with van der Waals surface area (Å²) in [6.07, 6.45) is 0. The zero-order valence-electron chi connectivity index (χ0n) is 10.1. The van der Waals surface area contributed by atoms with Gasteiger partial charge < -0.3 is 4.74 Å². The highest BCUT2D eigenvalue weighted by atomic mass is 35.5. The number of hydrogen-bond acceptors (Lipinski definition) is 2. The molecule has 0 aromatic heterocycles. The Labute approximate surface area is 102 Å². The van der Waals surface area contributed by atoms with Gasteiger partial charge in [-0.1, -0.05) is 6.07 Å². The van der Waals surface area contributed by atoms with Gasteiger partial charge in [-0.15, -0.1) is 11.6 Å². The maximum absolute atomic E-state index is 11.9. The molecule has 0 aliphatic heterocycles. The van der Waals surface area contributed by atoms with Crippen molar-refractivity contribution in [1.82, 2.24) is 0 Å². The highest BCUT2D eigenvalue weighted by molar-refractivity contribution is 6.34. The van der Waals surface area contributed by atoms with Gasteiger partial charge in [-0.2, -0.15) is 0 Å². The van der Waals surface area contributed by atoms with Gasteiger partial charge in [0.05, 0.1) is 17.5 Å². The minimum absolute atomic E-state index is 0.0862. The normalized spacial score (nSPS) is 12.3. The van der Waals surface area contributed by atoms with E-state index in [0.29, 0.717) is 17.9 Å². The van der Waals surface area contributed by atoms with Gasteiger partial charge in [-0.05, 0) is 44.9 Å². The Hall–Kier alpha value is -1.02. The summed E-state index contributed by atoms with van der Waals surface area (Å²) >= 11 is 5.83. The number of halogens is 1. The molecule has 0 fully saturated rings. The number of ketones is 1. The van der Waals surface area contributed by atoms with E-state index in [2.05, 4.69) is 0 Å². The summed E-state index contributed by atoms with van der Waals surface area (Å²) in [5.41, 5.74) is 2.60. The van der Waals surface area contributed by atoms with Crippen LogP contribution in [0.25, 0.3) is 0 Å². The molecule has 0 bridgehead atoms. The number of hydrogen-bond donors (Lipinski definition) is 0. The molecule has 1 aromatic carbocycles. The molecule has 3 heteroatoms. The van der Waals surface area contributed by atoms with Crippen molar-refractivity contribution < 1.29 is 9.53 Å². The largest absolute Gasteiger partial charge is 0.493 e. The summed E-state index contributed by atoms with van der Waals surface area (Å²) in [6.45, 7) is 8.02. The molecule has 2 nitrogen and oxygen atoms in total. The first-order chi connectivity index (χ1) is 7.47. The fourth-order valence-electron chi connectivity index (χ4n) is 1.69. The number of ether oxygens (including phenoxy) is 1. The van der Waals surface area contributed by atoms with Crippen molar-refractivity contribution in [2.45, 2.75) is 33.1 Å². The van der Waals surface area contributed by atoms with E-state index in [4.69, 9.17) is 16.3 Å². The molecule has 0 saturated carbocycles. The Balaban J connectivity index is 3.28. The maximum atomic E-state index is 11.9. The van der Waals surface area contributed by atoms with Gasteiger partial charge in [0.2, 0.25) is 0 Å². The predicted molar refractivity (Wildman–Crippen MR) is 66.7 cm³/mol. The molecular weight excluding hydrogens is 224 g/mol. The number of carbonyl (C=O) groups is 1. The Morgan fingerprint density at radius 3 is 2.56 bits per heavy atom. The van der Waals surface area contributed by atoms with Crippen molar-refractivity contribution in [2.24, 2.45) is 0 Å². The van der Waals surface area contributed by atoms with Crippen molar-refractivity contribution in [3.8, 4) is 5.75 Å². The molecule has 0 spiro atoms. The highest BCUT2D eigenvalue weighted by Crippen LogP contribution is 2.27. The van der Waals surface area contributed by atoms with Crippen molar-refractivity contribution in [3.63, 3.8) is 0 Å². The zero-order chi connectivity index (χ0) is 12.3. The van der Waals surface area contributed by atoms with E-state index in [-0.39, 0.29) is 5.78 Å². The average Bonchev–Trinajstić information content (AvgIpc) is 2.20. The standard InChI is InChI=1S/C13H17ClO2/c1-5-16-13-9(3)6-8(2)7-11(13)12(15)10(4)14/h6-7,10H,5H2,1-4H3. The molecule has 0 saturated heterocycles. The average molecular weight is 241 g/mol. The summed E-state index contributed by atoms with van der Waals surface area (Å²) < 4.78 is 5.51. The van der Waals surface area contributed by atoms with E-state index >= 15 is 0 Å². The van der Waals surface area contributed by atoms with E-state index in [1.807, 2.05) is 32.9 Å². The second kappa shape index (κ2) is 5.35. The Kier molecular flexibility index (Phi) is 4.36. The van der Waals surface area contributed by atoms with Crippen LogP contribution in [-0.2, 0) is 0 Å². The van der Waals surface area contributed by atoms with Crippen LogP contribution in [0.2, 0.25) is 0 Å². The number of Topliss-reactive ketones (excluding diaryl/α,β-unsaturated/α-hetero) is 1. The second-order valence-corrected chi connectivity index (χ2v) is 4.53. The lowest BCUT2D eigenvalue weighted by molar-refractivity contribution is 0.0988. The third kappa shape index (κ3) is 2.76. The quantitative estimate of drug-likeness (QED) is 0.595. The van der Waals surface area contributed by atoms with Crippen molar-refractivity contribution in [3.05, 3.63) is 28.8 Å². The number of carbonyl (C=O) groups excluding carboxylic acids is 1. The van der Waals surface area contributed by atoms with Gasteiger partial charge in [-0.3, -0.25) is 4.79 Å². The van der Waals surface area contributed by atoms with Gasteiger partial charge in [0.25, 0.3) is 0 Å². The SMILES string of the molecule is CCOc1c(C)cc(C)cc1C(=O)C(C)Cl. The van der Waals surface area contributed by atoms with Crippen LogP contribution in [0, 0.1) is 13.8 Å². The third-order valence-electron chi connectivity index (χ3n) is 2.33. The minimum atomic E-state index is -0.527. The molecular formula is C13H17ClO2. The molecule has 1 atom stereocenters. The molecule has 0 amide bonds. The summed E-state index contributed by atoms with van der Waals surface area (Å²) in [7, 11) is 0. The fourth-order valence-corrected chi connectivity index (χ4v) is 1.81. The first-order valence-electron chi connectivity index (χ1n) is 5.39. The fraction of sp³-hybridized carbons (Fsp3) is 0.462. The first kappa shape index (κ1) is 13.0. The summed E-state index contributed by atoms with van der Waals surface area (Å²) in [5.74, 6) is 0.572. The zero-order valence-corrected chi connectivity index (χ0v) is 10.9. The van der Waals surface area contributed by atoms with Gasteiger partial charge in [-0.25, -0.2) is 0 Å². The summed E-state index contributed by atoms with van der Waals surface area (Å²) in [5, 5.41) is -0.527. The minimum Gasteiger partial charge on any atom is -0.493 e. The topological polar surface area (TPSA) is 26.3 Å². The monoisotopic (exact) mass is 240 g/mol. The summed E-state index contributed by atoms with van der Waals surface area (Å²) in [4.78, 5) is 11.9. The van der Waals surface area contributed by atoms with Crippen LogP contribution in [0.5, 0.6) is 5.75 Å². The van der Waals surface area contributed by atoms with Crippen LogP contribution in [0.15, 0.2) is 12.1 Å². The molecule has 1 unspecified atom stereocenters. The molecule has 0 radical (unpaired) electrons. The van der Waals surface area contributed by atoms with Gasteiger partial charge in [0.1, 0.15) is 5.75 Å². The molecule has 1 rings (SSSR count). The second-order valence-electron chi connectivity index (χ2n) is 3.87. The smallest absolute Gasteiger partial charge is 0.184 e. The Bertz CT molecular complexity index is 397. The van der Waals surface area contributed by atoms with Crippen molar-refractivity contribution >= 4 is 17.4 Å². The van der Waals surface area contributed by atoms with Crippen LogP contribution in [0.3, 0.4) is 0 Å². The van der Waals surface area contributed by atoms with Crippen LogP contribution < -0.4 is 4.74 Å². The molecule has 0 aliphatic rings. The number of aryl methyl sites for hydroxylation is 2. The molecule has 0 aliphatic carbocycles. The summed E-state index contributed by atoms with van der Waals surface area (Å²) in [6, 6.07) is 3.83. The van der Waals surface area contributed by atoms with Gasteiger partial charge in [0.15, 0.2) is 5.78 Å². The van der Waals surface area contributed by atoms with Crippen LogP contribution in [-0.4, -0.2) is 17.8 Å². The van der Waals surface area contributed by atoms with Crippen LogP contribution in [0.1, 0.15) is 35.3 Å². The molecule has 16 heavy (non-hydrogen) atoms. The Morgan fingerprint density at radius 2 is 2.06 bits per heavy atom. The first-order valence-corrected chi connectivity index (χ1v) is 5.83. The third-order valence-corrected chi connectivity index (χ3v) is 2.53. The molecule has 88 valence electrons. The van der Waals surface area contributed by atoms with E-state index in [1.165, 1.54) is 0 Å². The number of alkyl halides is 1. The number of rotatable bonds is 4. The van der Waals surface area contributed by atoms with Gasteiger partial charge >= 0.3 is 0 Å². The van der Waals surface area contributed by atoms with E-state index < -0.39 is 5.38 Å². The number of benzene rings is 1. The van der Waals surface area contributed by atoms with E-state index in [1.54, 1.807) is 6.92 Å². The van der Waals surface area contributed by atoms with Crippen LogP contribution in [0.4, 0.5) is 0 Å². The van der Waals surface area contributed by atoms with Gasteiger partial charge in [0, 0.05) is 0 Å². The van der Waals surface area contributed by atoms with Crippen molar-refractivity contribution in [2.75, 3.05) is 6.61 Å². The van der Waals surface area contributed by atoms with E-state index in [9.17, 15) is 4.79 Å². The maximum Gasteiger partial charge on any atom is 0.184 e. The lowest BCUT2D eigenvalue weighted by Crippen LogP contribution is -2.13.